The van der Waals surface area contributed by atoms with E-state index in [9.17, 15) is 25.2 Å². The third-order valence-corrected chi connectivity index (χ3v) is 0. The summed E-state index contributed by atoms with van der Waals surface area (Å²) in [5.74, 6) is 0. The topological polar surface area (TPSA) is 44.7 Å². The molecule has 66 valence electrons. The van der Waals surface area contributed by atoms with E-state index in [2.05, 4.69) is 5.73 Å². The van der Waals surface area contributed by atoms with Gasteiger partial charge in [-0.3, -0.25) is 5.73 Å². The van der Waals surface area contributed by atoms with Gasteiger partial charge in [0.05, 0.1) is 0 Å². The van der Waals surface area contributed by atoms with Crippen molar-refractivity contribution in [2.45, 2.75) is 0 Å². The van der Waals surface area contributed by atoms with E-state index in [1.807, 2.05) is 0 Å². The molecule has 0 rings (SSSR count). The van der Waals surface area contributed by atoms with Crippen LogP contribution in [0.25, 0.3) is 0 Å². The first-order valence-corrected chi connectivity index (χ1v) is 3.69. The number of halogens is 6. The number of carbonyl (C=O) groups is 1. The zero-order chi connectivity index (χ0) is 9.12. The quantitative estimate of drug-likeness (QED) is 0.354. The van der Waals surface area contributed by atoms with Crippen LogP contribution < -0.4 is 5.73 Å². The van der Waals surface area contributed by atoms with E-state index in [0.717, 1.165) is 0 Å². The van der Waals surface area contributed by atoms with E-state index in [1.54, 1.807) is 0 Å². The number of amides is 1. The van der Waals surface area contributed by atoms with Crippen molar-refractivity contribution < 1.29 is 35.7 Å². The fourth-order valence-electron chi connectivity index (χ4n) is 0. The molecule has 10 heavy (non-hydrogen) atoms. The van der Waals surface area contributed by atoms with Crippen LogP contribution in [-0.4, -0.2) is 6.41 Å². The molecule has 0 saturated heterocycles. The van der Waals surface area contributed by atoms with Gasteiger partial charge in [0.15, 0.2) is 0 Å². The van der Waals surface area contributed by atoms with Crippen LogP contribution in [0.2, 0.25) is 0 Å². The van der Waals surface area contributed by atoms with Crippen molar-refractivity contribution >= 4 is 14.2 Å². The predicted octanol–water partition coefficient (Wildman–Crippen LogP) is 1.77. The van der Waals surface area contributed by atoms with Crippen LogP contribution in [0, 0.1) is 0 Å². The average molecular weight is 191 g/mol. The van der Waals surface area contributed by atoms with Gasteiger partial charge < -0.3 is 0 Å². The van der Waals surface area contributed by atoms with Gasteiger partial charge in [0.2, 0.25) is 0 Å². The van der Waals surface area contributed by atoms with E-state index in [1.165, 1.54) is 0 Å². The minimum Gasteiger partial charge on any atom is -0.297 e. The van der Waals surface area contributed by atoms with E-state index in [-0.39, 0.29) is 0 Å². The minimum absolute atomic E-state index is 0.500. The second-order valence-electron chi connectivity index (χ2n) is 1.12. The van der Waals surface area contributed by atoms with Gasteiger partial charge in [-0.05, 0) is 0 Å². The van der Waals surface area contributed by atoms with E-state index < -0.39 is 7.81 Å². The normalized spacial score (nSPS) is 17.5. The fraction of sp³-hybridized carbons (Fsp3) is 0. The van der Waals surface area contributed by atoms with E-state index >= 15 is 0 Å². The molecule has 0 atom stereocenters. The molecule has 0 aromatic carbocycles. The molecular weight excluding hydrogens is 187 g/mol. The molecule has 1 amide bonds. The molecule has 0 aromatic rings. The van der Waals surface area contributed by atoms with Crippen molar-refractivity contribution in [2.24, 2.45) is 0 Å². The number of rotatable bonds is 0. The predicted molar refractivity (Wildman–Crippen MR) is 22.5 cm³/mol. The zero-order valence-electron chi connectivity index (χ0n) is 4.41. The Morgan fingerprint density at radius 1 is 1.00 bits per heavy atom. The zero-order valence-corrected chi connectivity index (χ0v) is 5.30. The van der Waals surface area contributed by atoms with Gasteiger partial charge in [0.1, 0.15) is 0 Å². The Morgan fingerprint density at radius 2 is 1.00 bits per heavy atom. The molecule has 0 radical (unpaired) electrons. The summed E-state index contributed by atoms with van der Waals surface area (Å²) in [6, 6.07) is 0. The Bertz CT molecular complexity index is 107. The maximum Gasteiger partial charge on any atom is 0.296 e. The van der Waals surface area contributed by atoms with Crippen LogP contribution in [0.3, 0.4) is 0 Å². The molecule has 2 nitrogen and oxygen atoms in total. The molecule has 0 saturated carbocycles. The summed E-state index contributed by atoms with van der Waals surface area (Å²) >= 11 is 0. The Balaban J connectivity index is 0. The summed E-state index contributed by atoms with van der Waals surface area (Å²) in [7, 11) is -10.7. The largest absolute Gasteiger partial charge is 0.297 e. The number of quaternary nitrogens is 1. The summed E-state index contributed by atoms with van der Waals surface area (Å²) < 4.78 is 59.2. The second-order valence-corrected chi connectivity index (χ2v) is 3.04. The minimum atomic E-state index is -10.7. The molecule has 0 heterocycles. The SMILES string of the molecule is F[P-](F)(F)(F)(F)F.[NH3+]C=O. The summed E-state index contributed by atoms with van der Waals surface area (Å²) in [6.45, 7) is 0. The van der Waals surface area contributed by atoms with Crippen molar-refractivity contribution in [3.05, 3.63) is 0 Å². The molecule has 0 fully saturated rings. The summed E-state index contributed by atoms with van der Waals surface area (Å²) in [6.07, 6.45) is 0.500. The van der Waals surface area contributed by atoms with Crippen molar-refractivity contribution in [3.8, 4) is 0 Å². The maximum absolute atomic E-state index is 10.7. The Morgan fingerprint density at radius 3 is 1.00 bits per heavy atom. The first-order chi connectivity index (χ1) is 3.86. The number of hydrogen-bond acceptors (Lipinski definition) is 1. The maximum atomic E-state index is 9.87. The van der Waals surface area contributed by atoms with Gasteiger partial charge in [0, 0.05) is 0 Å². The molecule has 0 unspecified atom stereocenters. The third kappa shape index (κ3) is 2600. The molecule has 3 N–H and O–H groups in total. The molecule has 0 aliphatic carbocycles. The summed E-state index contributed by atoms with van der Waals surface area (Å²) in [4.78, 5) is 8.69. The molecule has 0 spiro atoms. The molecule has 0 aliphatic heterocycles. The van der Waals surface area contributed by atoms with Gasteiger partial charge in [-0.2, -0.15) is 0 Å². The van der Waals surface area contributed by atoms with Gasteiger partial charge >= 0.3 is 33.0 Å². The van der Waals surface area contributed by atoms with Crippen molar-refractivity contribution in [1.29, 1.82) is 0 Å². The fourth-order valence-corrected chi connectivity index (χ4v) is 0. The monoisotopic (exact) mass is 191 g/mol. The molecule has 0 aromatic heterocycles. The number of hydrogen-bond donors (Lipinski definition) is 1. The van der Waals surface area contributed by atoms with Crippen LogP contribution in [0.15, 0.2) is 0 Å². The Kier molecular flexibility index (Phi) is 2.54. The first kappa shape index (κ1) is 12.3. The van der Waals surface area contributed by atoms with Crippen LogP contribution in [0.1, 0.15) is 0 Å². The second kappa shape index (κ2) is 2.06. The van der Waals surface area contributed by atoms with Crippen LogP contribution in [0.4, 0.5) is 25.2 Å². The third-order valence-electron chi connectivity index (χ3n) is 0. The average Bonchev–Trinajstić information content (AvgIpc) is 1.20. The van der Waals surface area contributed by atoms with Gasteiger partial charge in [-0.15, -0.1) is 0 Å². The van der Waals surface area contributed by atoms with Gasteiger partial charge in [0.25, 0.3) is 6.41 Å². The van der Waals surface area contributed by atoms with Crippen LogP contribution >= 0.6 is 7.81 Å². The number of carbonyl (C=O) groups excluding carboxylic acids is 1. The van der Waals surface area contributed by atoms with E-state index in [0.29, 0.717) is 6.41 Å². The van der Waals surface area contributed by atoms with Gasteiger partial charge in [-0.1, -0.05) is 0 Å². The van der Waals surface area contributed by atoms with Gasteiger partial charge in [-0.25, -0.2) is 4.79 Å². The molecule has 9 heteroatoms. The summed E-state index contributed by atoms with van der Waals surface area (Å²) in [5, 5.41) is 0. The smallest absolute Gasteiger partial charge is 0.296 e. The van der Waals surface area contributed by atoms with Crippen molar-refractivity contribution in [2.75, 3.05) is 0 Å². The van der Waals surface area contributed by atoms with Crippen molar-refractivity contribution in [3.63, 3.8) is 0 Å². The molecule has 0 aliphatic rings. The summed E-state index contributed by atoms with van der Waals surface area (Å²) in [5.41, 5.74) is 2.81. The van der Waals surface area contributed by atoms with E-state index in [4.69, 9.17) is 4.79 Å². The molecular formula is CH4F6NOP. The first-order valence-electron chi connectivity index (χ1n) is 1.66. The van der Waals surface area contributed by atoms with Crippen LogP contribution in [-0.2, 0) is 4.79 Å². The van der Waals surface area contributed by atoms with Crippen LogP contribution in [0.5, 0.6) is 0 Å². The Labute approximate surface area is 51.2 Å². The molecule has 0 bridgehead atoms. The standard InChI is InChI=1S/CH3NO.F6P/c2-1-3;1-7(2,3,4,5)6/h1H,(H2,2,3);/q;-1/p+1. The van der Waals surface area contributed by atoms with Crippen molar-refractivity contribution in [1.82, 2.24) is 0 Å². The Hall–Kier alpha value is -0.360.